The van der Waals surface area contributed by atoms with E-state index in [-0.39, 0.29) is 35.8 Å². The topological polar surface area (TPSA) is 84.5 Å². The van der Waals surface area contributed by atoms with E-state index < -0.39 is 9.84 Å². The zero-order chi connectivity index (χ0) is 19.3. The summed E-state index contributed by atoms with van der Waals surface area (Å²) < 4.78 is 41.4. The van der Waals surface area contributed by atoms with Crippen LogP contribution >= 0.6 is 0 Å². The molecule has 0 aliphatic carbocycles. The fourth-order valence-electron chi connectivity index (χ4n) is 2.81. The van der Waals surface area contributed by atoms with Crippen LogP contribution in [0.25, 0.3) is 0 Å². The molecule has 1 aliphatic heterocycles. The highest BCUT2D eigenvalue weighted by molar-refractivity contribution is 7.91. The largest absolute Gasteiger partial charge is 0.489 e. The van der Waals surface area contributed by atoms with Crippen LogP contribution in [0.15, 0.2) is 48.5 Å². The number of ether oxygens (including phenoxy) is 1. The standard InChI is InChI=1S/C19H21FN2O4S/c20-15-6-4-14(5-7-15)12-26-18-3-1-2-16(10-18)21-11-19(23)22-17-8-9-27(24,25)13-17/h1-7,10,17,21H,8-9,11-13H2,(H,22,23)/t17-/m0/s1. The Balaban J connectivity index is 1.47. The number of carbonyl (C=O) groups is 1. The van der Waals surface area contributed by atoms with Crippen LogP contribution in [-0.4, -0.2) is 38.4 Å². The minimum absolute atomic E-state index is 0.00541. The van der Waals surface area contributed by atoms with Gasteiger partial charge in [0, 0.05) is 17.8 Å². The number of sulfone groups is 1. The Morgan fingerprint density at radius 2 is 1.96 bits per heavy atom. The van der Waals surface area contributed by atoms with E-state index in [1.54, 1.807) is 36.4 Å². The number of rotatable bonds is 7. The Morgan fingerprint density at radius 1 is 1.19 bits per heavy atom. The normalized spacial score (nSPS) is 18.0. The first-order chi connectivity index (χ1) is 12.9. The first-order valence-corrected chi connectivity index (χ1v) is 10.4. The molecule has 0 spiro atoms. The molecule has 2 aromatic carbocycles. The van der Waals surface area contributed by atoms with Gasteiger partial charge in [0.2, 0.25) is 5.91 Å². The maximum atomic E-state index is 12.9. The van der Waals surface area contributed by atoms with Crippen molar-refractivity contribution in [2.45, 2.75) is 19.1 Å². The molecule has 1 atom stereocenters. The molecule has 27 heavy (non-hydrogen) atoms. The molecule has 1 saturated heterocycles. The molecule has 1 fully saturated rings. The smallest absolute Gasteiger partial charge is 0.239 e. The Morgan fingerprint density at radius 3 is 2.67 bits per heavy atom. The lowest BCUT2D eigenvalue weighted by Gasteiger charge is -2.13. The lowest BCUT2D eigenvalue weighted by atomic mass is 10.2. The molecule has 1 heterocycles. The fraction of sp³-hybridized carbons (Fsp3) is 0.316. The second-order valence-electron chi connectivity index (χ2n) is 6.46. The lowest BCUT2D eigenvalue weighted by Crippen LogP contribution is -2.39. The molecule has 0 aromatic heterocycles. The third-order valence-electron chi connectivity index (χ3n) is 4.20. The summed E-state index contributed by atoms with van der Waals surface area (Å²) in [6.07, 6.45) is 0.459. The molecule has 0 unspecified atom stereocenters. The average Bonchev–Trinajstić information content (AvgIpc) is 2.98. The van der Waals surface area contributed by atoms with Crippen LogP contribution < -0.4 is 15.4 Å². The summed E-state index contributed by atoms with van der Waals surface area (Å²) >= 11 is 0. The van der Waals surface area contributed by atoms with Gasteiger partial charge in [0.05, 0.1) is 18.1 Å². The van der Waals surface area contributed by atoms with Crippen molar-refractivity contribution in [3.63, 3.8) is 0 Å². The van der Waals surface area contributed by atoms with Crippen LogP contribution in [0.2, 0.25) is 0 Å². The third kappa shape index (κ3) is 5.96. The highest BCUT2D eigenvalue weighted by Gasteiger charge is 2.28. The van der Waals surface area contributed by atoms with Gasteiger partial charge in [0.15, 0.2) is 9.84 Å². The van der Waals surface area contributed by atoms with Gasteiger partial charge in [0.25, 0.3) is 0 Å². The Kier molecular flexibility index (Phi) is 5.95. The number of carbonyl (C=O) groups excluding carboxylic acids is 1. The number of hydrogen-bond donors (Lipinski definition) is 2. The molecule has 2 N–H and O–H groups in total. The second kappa shape index (κ2) is 8.39. The number of hydrogen-bond acceptors (Lipinski definition) is 5. The summed E-state index contributed by atoms with van der Waals surface area (Å²) in [7, 11) is -3.02. The lowest BCUT2D eigenvalue weighted by molar-refractivity contribution is -0.119. The van der Waals surface area contributed by atoms with Gasteiger partial charge < -0.3 is 15.4 Å². The summed E-state index contributed by atoms with van der Waals surface area (Å²) in [6, 6.07) is 12.9. The molecule has 8 heteroatoms. The number of amides is 1. The molecular formula is C19H21FN2O4S. The van der Waals surface area contributed by atoms with E-state index >= 15 is 0 Å². The van der Waals surface area contributed by atoms with Crippen LogP contribution in [0.4, 0.5) is 10.1 Å². The van der Waals surface area contributed by atoms with Crippen LogP contribution in [0.3, 0.4) is 0 Å². The molecule has 1 aliphatic rings. The fourth-order valence-corrected chi connectivity index (χ4v) is 4.49. The SMILES string of the molecule is O=C(CNc1cccc(OCc2ccc(F)cc2)c1)N[C@H]1CCS(=O)(=O)C1. The molecule has 6 nitrogen and oxygen atoms in total. The van der Waals surface area contributed by atoms with Crippen LogP contribution in [0.1, 0.15) is 12.0 Å². The van der Waals surface area contributed by atoms with E-state index in [2.05, 4.69) is 10.6 Å². The van der Waals surface area contributed by atoms with Crippen molar-refractivity contribution in [1.82, 2.24) is 5.32 Å². The van der Waals surface area contributed by atoms with Gasteiger partial charge in [-0.05, 0) is 36.2 Å². The quantitative estimate of drug-likeness (QED) is 0.754. The van der Waals surface area contributed by atoms with Crippen LogP contribution in [-0.2, 0) is 21.2 Å². The Labute approximate surface area is 157 Å². The van der Waals surface area contributed by atoms with Crippen molar-refractivity contribution in [3.8, 4) is 5.75 Å². The maximum absolute atomic E-state index is 12.9. The number of halogens is 1. The molecular weight excluding hydrogens is 371 g/mol. The first kappa shape index (κ1) is 19.2. The monoisotopic (exact) mass is 392 g/mol. The third-order valence-corrected chi connectivity index (χ3v) is 5.97. The van der Waals surface area contributed by atoms with Gasteiger partial charge in [-0.25, -0.2) is 12.8 Å². The van der Waals surface area contributed by atoms with Gasteiger partial charge in [-0.15, -0.1) is 0 Å². The van der Waals surface area contributed by atoms with Gasteiger partial charge >= 0.3 is 0 Å². The summed E-state index contributed by atoms with van der Waals surface area (Å²) in [6.45, 7) is 0.346. The molecule has 0 bridgehead atoms. The number of anilines is 1. The van der Waals surface area contributed by atoms with Gasteiger partial charge in [-0.1, -0.05) is 18.2 Å². The highest BCUT2D eigenvalue weighted by atomic mass is 32.2. The van der Waals surface area contributed by atoms with E-state index in [1.165, 1.54) is 12.1 Å². The van der Waals surface area contributed by atoms with Crippen molar-refractivity contribution in [2.24, 2.45) is 0 Å². The van der Waals surface area contributed by atoms with Crippen molar-refractivity contribution in [3.05, 3.63) is 59.9 Å². The minimum Gasteiger partial charge on any atom is -0.489 e. The highest BCUT2D eigenvalue weighted by Crippen LogP contribution is 2.19. The number of nitrogens with one attached hydrogen (secondary N) is 2. The molecule has 2 aromatic rings. The first-order valence-electron chi connectivity index (χ1n) is 8.61. The summed E-state index contributed by atoms with van der Waals surface area (Å²) in [4.78, 5) is 12.0. The minimum atomic E-state index is -3.02. The molecule has 0 saturated carbocycles. The van der Waals surface area contributed by atoms with E-state index in [9.17, 15) is 17.6 Å². The van der Waals surface area contributed by atoms with Gasteiger partial charge in [-0.2, -0.15) is 0 Å². The van der Waals surface area contributed by atoms with Gasteiger partial charge in [-0.3, -0.25) is 4.79 Å². The van der Waals surface area contributed by atoms with Crippen molar-refractivity contribution in [1.29, 1.82) is 0 Å². The Bertz CT molecular complexity index is 900. The maximum Gasteiger partial charge on any atom is 0.239 e. The predicted octanol–water partition coefficient (Wildman–Crippen LogP) is 2.12. The summed E-state index contributed by atoms with van der Waals surface area (Å²) in [5.41, 5.74) is 1.56. The van der Waals surface area contributed by atoms with Gasteiger partial charge in [0.1, 0.15) is 18.2 Å². The van der Waals surface area contributed by atoms with E-state index in [0.29, 0.717) is 24.5 Å². The molecule has 144 valence electrons. The second-order valence-corrected chi connectivity index (χ2v) is 8.69. The Hall–Kier alpha value is -2.61. The van der Waals surface area contributed by atoms with E-state index in [4.69, 9.17) is 4.74 Å². The zero-order valence-electron chi connectivity index (χ0n) is 14.7. The van der Waals surface area contributed by atoms with E-state index in [0.717, 1.165) is 5.56 Å². The molecule has 3 rings (SSSR count). The number of benzene rings is 2. The van der Waals surface area contributed by atoms with Crippen LogP contribution in [0.5, 0.6) is 5.75 Å². The zero-order valence-corrected chi connectivity index (χ0v) is 15.5. The predicted molar refractivity (Wildman–Crippen MR) is 101 cm³/mol. The summed E-state index contributed by atoms with van der Waals surface area (Å²) in [5, 5.41) is 5.72. The van der Waals surface area contributed by atoms with E-state index in [1.807, 2.05) is 0 Å². The molecule has 1 amide bonds. The average molecular weight is 392 g/mol. The van der Waals surface area contributed by atoms with Crippen LogP contribution in [0, 0.1) is 5.82 Å². The summed E-state index contributed by atoms with van der Waals surface area (Å²) in [5.74, 6) is 0.198. The van der Waals surface area contributed by atoms with Crippen molar-refractivity contribution in [2.75, 3.05) is 23.4 Å². The van der Waals surface area contributed by atoms with Crippen molar-refractivity contribution >= 4 is 21.4 Å². The van der Waals surface area contributed by atoms with Crippen molar-refractivity contribution < 1.29 is 22.3 Å². The molecule has 0 radical (unpaired) electrons.